The number of nitro groups is 1. The minimum atomic E-state index is -0.313. The Kier molecular flexibility index (Phi) is 5.23. The highest BCUT2D eigenvalue weighted by atomic mass is 32.2. The van der Waals surface area contributed by atoms with E-state index in [2.05, 4.69) is 28.6 Å². The van der Waals surface area contributed by atoms with Gasteiger partial charge in [-0.15, -0.1) is 0 Å². The van der Waals surface area contributed by atoms with Crippen LogP contribution in [0.5, 0.6) is 0 Å². The zero-order valence-electron chi connectivity index (χ0n) is 11.4. The van der Waals surface area contributed by atoms with E-state index in [1.807, 2.05) is 6.07 Å². The average Bonchev–Trinajstić information content (AvgIpc) is 2.89. The predicted octanol–water partition coefficient (Wildman–Crippen LogP) is 1.65. The molecule has 0 spiro atoms. The number of aryl methyl sites for hydroxylation is 1. The number of thioether (sulfide) groups is 1. The fourth-order valence-corrected chi connectivity index (χ4v) is 2.85. The molecule has 0 fully saturated rings. The van der Waals surface area contributed by atoms with E-state index < -0.39 is 0 Å². The summed E-state index contributed by atoms with van der Waals surface area (Å²) in [6.45, 7) is 3.40. The van der Waals surface area contributed by atoms with E-state index in [4.69, 9.17) is 0 Å². The van der Waals surface area contributed by atoms with Gasteiger partial charge in [0.25, 0.3) is 5.70 Å². The summed E-state index contributed by atoms with van der Waals surface area (Å²) in [5, 5.41) is 16.9. The van der Waals surface area contributed by atoms with Crippen LogP contribution in [0.3, 0.4) is 0 Å². The van der Waals surface area contributed by atoms with Crippen LogP contribution in [-0.2, 0) is 5.75 Å². The monoisotopic (exact) mass is 294 g/mol. The standard InChI is InChI=1S/C13H18N4O2S/c1-10-3-2-5-14-11(10)9-20-8-7-16-13-12(17(18)19)4-6-15-13/h2-3,5,15-16H,4,6-9H2,1H3. The second-order valence-electron chi connectivity index (χ2n) is 4.50. The van der Waals surface area contributed by atoms with E-state index in [1.54, 1.807) is 18.0 Å². The smallest absolute Gasteiger partial charge is 0.287 e. The molecule has 1 aliphatic rings. The normalized spacial score (nSPS) is 14.2. The Bertz CT molecular complexity index is 519. The topological polar surface area (TPSA) is 80.1 Å². The van der Waals surface area contributed by atoms with Crippen molar-refractivity contribution in [1.29, 1.82) is 0 Å². The van der Waals surface area contributed by atoms with Crippen molar-refractivity contribution >= 4 is 11.8 Å². The fourth-order valence-electron chi connectivity index (χ4n) is 1.97. The largest absolute Gasteiger partial charge is 0.366 e. The summed E-state index contributed by atoms with van der Waals surface area (Å²) < 4.78 is 0. The maximum absolute atomic E-state index is 10.8. The molecule has 0 saturated carbocycles. The van der Waals surface area contributed by atoms with Gasteiger partial charge in [-0.05, 0) is 18.6 Å². The van der Waals surface area contributed by atoms with Crippen LogP contribution in [0.2, 0.25) is 0 Å². The Balaban J connectivity index is 1.71. The lowest BCUT2D eigenvalue weighted by Gasteiger charge is -2.08. The maximum Gasteiger partial charge on any atom is 0.287 e. The molecule has 0 atom stereocenters. The molecular formula is C13H18N4O2S. The number of nitrogens with zero attached hydrogens (tertiary/aromatic N) is 2. The average molecular weight is 294 g/mol. The lowest BCUT2D eigenvalue weighted by atomic mass is 10.2. The summed E-state index contributed by atoms with van der Waals surface area (Å²) in [5.41, 5.74) is 2.56. The number of pyridine rings is 1. The van der Waals surface area contributed by atoms with Gasteiger partial charge < -0.3 is 10.6 Å². The summed E-state index contributed by atoms with van der Waals surface area (Å²) in [6, 6.07) is 3.99. The Labute approximate surface area is 122 Å². The van der Waals surface area contributed by atoms with Crippen molar-refractivity contribution in [3.05, 3.63) is 51.2 Å². The Morgan fingerprint density at radius 1 is 1.60 bits per heavy atom. The number of hydrogen-bond acceptors (Lipinski definition) is 6. The van der Waals surface area contributed by atoms with Gasteiger partial charge in [-0.2, -0.15) is 11.8 Å². The predicted molar refractivity (Wildman–Crippen MR) is 79.8 cm³/mol. The van der Waals surface area contributed by atoms with E-state index in [0.717, 1.165) is 17.2 Å². The van der Waals surface area contributed by atoms with Crippen molar-refractivity contribution in [3.63, 3.8) is 0 Å². The molecule has 6 nitrogen and oxygen atoms in total. The van der Waals surface area contributed by atoms with E-state index in [-0.39, 0.29) is 10.6 Å². The van der Waals surface area contributed by atoms with Crippen LogP contribution >= 0.6 is 11.8 Å². The van der Waals surface area contributed by atoms with E-state index in [0.29, 0.717) is 25.3 Å². The first-order valence-electron chi connectivity index (χ1n) is 6.52. The molecule has 0 bridgehead atoms. The van der Waals surface area contributed by atoms with Gasteiger partial charge in [0.2, 0.25) is 0 Å². The van der Waals surface area contributed by atoms with Crippen molar-refractivity contribution in [2.75, 3.05) is 18.8 Å². The van der Waals surface area contributed by atoms with E-state index in [9.17, 15) is 10.1 Å². The maximum atomic E-state index is 10.8. The Morgan fingerprint density at radius 2 is 2.45 bits per heavy atom. The molecule has 1 aliphatic heterocycles. The first-order chi connectivity index (χ1) is 9.68. The third kappa shape index (κ3) is 3.86. The van der Waals surface area contributed by atoms with Crippen molar-refractivity contribution in [3.8, 4) is 0 Å². The second kappa shape index (κ2) is 7.14. The molecule has 1 aromatic rings. The van der Waals surface area contributed by atoms with Gasteiger partial charge in [0, 0.05) is 30.8 Å². The van der Waals surface area contributed by atoms with E-state index >= 15 is 0 Å². The lowest BCUT2D eigenvalue weighted by Crippen LogP contribution is -2.26. The highest BCUT2D eigenvalue weighted by Gasteiger charge is 2.23. The summed E-state index contributed by atoms with van der Waals surface area (Å²) in [7, 11) is 0. The van der Waals surface area contributed by atoms with Gasteiger partial charge in [-0.25, -0.2) is 0 Å². The first kappa shape index (κ1) is 14.6. The number of rotatable bonds is 7. The van der Waals surface area contributed by atoms with Crippen molar-refractivity contribution in [2.24, 2.45) is 0 Å². The molecule has 0 aromatic carbocycles. The van der Waals surface area contributed by atoms with Gasteiger partial charge in [0.15, 0.2) is 5.82 Å². The van der Waals surface area contributed by atoms with Crippen molar-refractivity contribution in [1.82, 2.24) is 15.6 Å². The Morgan fingerprint density at radius 3 is 3.20 bits per heavy atom. The molecule has 2 heterocycles. The molecule has 20 heavy (non-hydrogen) atoms. The summed E-state index contributed by atoms with van der Waals surface area (Å²) >= 11 is 1.77. The minimum Gasteiger partial charge on any atom is -0.366 e. The summed E-state index contributed by atoms with van der Waals surface area (Å²) in [5.74, 6) is 2.32. The Hall–Kier alpha value is -1.76. The van der Waals surface area contributed by atoms with Crippen molar-refractivity contribution in [2.45, 2.75) is 19.1 Å². The molecule has 0 saturated heterocycles. The highest BCUT2D eigenvalue weighted by molar-refractivity contribution is 7.98. The van der Waals surface area contributed by atoms with Gasteiger partial charge in [0.1, 0.15) is 0 Å². The molecule has 7 heteroatoms. The molecule has 2 rings (SSSR count). The number of nitrogens with one attached hydrogen (secondary N) is 2. The number of aromatic nitrogens is 1. The summed E-state index contributed by atoms with van der Waals surface area (Å²) in [4.78, 5) is 14.8. The molecule has 0 aliphatic carbocycles. The molecule has 0 radical (unpaired) electrons. The highest BCUT2D eigenvalue weighted by Crippen LogP contribution is 2.14. The van der Waals surface area contributed by atoms with Crippen LogP contribution in [0, 0.1) is 17.0 Å². The van der Waals surface area contributed by atoms with Crippen LogP contribution in [0.1, 0.15) is 17.7 Å². The third-order valence-corrected chi connectivity index (χ3v) is 4.05. The van der Waals surface area contributed by atoms with Gasteiger partial charge >= 0.3 is 0 Å². The summed E-state index contributed by atoms with van der Waals surface area (Å²) in [6.07, 6.45) is 2.29. The van der Waals surface area contributed by atoms with Gasteiger partial charge in [-0.3, -0.25) is 15.1 Å². The van der Waals surface area contributed by atoms with Crippen LogP contribution < -0.4 is 10.6 Å². The SMILES string of the molecule is Cc1cccnc1CSCCNC1=C([N+](=O)[O-])CCN1. The molecule has 0 amide bonds. The first-order valence-corrected chi connectivity index (χ1v) is 7.67. The van der Waals surface area contributed by atoms with Crippen LogP contribution in [0.15, 0.2) is 29.8 Å². The molecular weight excluding hydrogens is 276 g/mol. The van der Waals surface area contributed by atoms with Crippen LogP contribution in [0.4, 0.5) is 0 Å². The molecule has 108 valence electrons. The molecule has 1 aromatic heterocycles. The van der Waals surface area contributed by atoms with Gasteiger partial charge in [-0.1, -0.05) is 6.07 Å². The van der Waals surface area contributed by atoms with Crippen LogP contribution in [-0.4, -0.2) is 28.7 Å². The molecule has 0 unspecified atom stereocenters. The lowest BCUT2D eigenvalue weighted by molar-refractivity contribution is -0.427. The van der Waals surface area contributed by atoms with Crippen molar-refractivity contribution < 1.29 is 4.92 Å². The van der Waals surface area contributed by atoms with Crippen LogP contribution in [0.25, 0.3) is 0 Å². The zero-order valence-corrected chi connectivity index (χ0v) is 12.2. The minimum absolute atomic E-state index is 0.260. The van der Waals surface area contributed by atoms with E-state index in [1.165, 1.54) is 5.56 Å². The third-order valence-electron chi connectivity index (χ3n) is 3.08. The van der Waals surface area contributed by atoms with Gasteiger partial charge in [0.05, 0.1) is 17.0 Å². The quantitative estimate of drug-likeness (QED) is 0.452. The number of hydrogen-bond donors (Lipinski definition) is 2. The molecule has 2 N–H and O–H groups in total. The fraction of sp³-hybridized carbons (Fsp3) is 0.462. The second-order valence-corrected chi connectivity index (χ2v) is 5.61. The zero-order chi connectivity index (χ0) is 14.4.